The zero-order valence-electron chi connectivity index (χ0n) is 15.9. The second-order valence-corrected chi connectivity index (χ2v) is 7.00. The molecule has 2 fully saturated rings. The molecule has 8 heteroatoms. The molecular formula is C19H25N3O5. The minimum Gasteiger partial charge on any atom is -0.465 e. The van der Waals surface area contributed by atoms with Crippen molar-refractivity contribution in [1.82, 2.24) is 9.80 Å². The zero-order valence-corrected chi connectivity index (χ0v) is 15.9. The summed E-state index contributed by atoms with van der Waals surface area (Å²) in [7, 11) is 4.63. The number of rotatable bonds is 3. The molecular weight excluding hydrogens is 350 g/mol. The Labute approximate surface area is 158 Å². The molecule has 2 aliphatic heterocycles. The Balaban J connectivity index is 1.78. The lowest BCUT2D eigenvalue weighted by Crippen LogP contribution is -2.41. The third kappa shape index (κ3) is 4.05. The maximum absolute atomic E-state index is 12.8. The van der Waals surface area contributed by atoms with Crippen LogP contribution in [0.2, 0.25) is 0 Å². The number of hydrogen-bond acceptors (Lipinski definition) is 6. The number of carbonyl (C=O) groups is 3. The van der Waals surface area contributed by atoms with Gasteiger partial charge < -0.3 is 19.7 Å². The number of carbonyl (C=O) groups excluding carboxylic acids is 3. The normalized spacial score (nSPS) is 22.1. The highest BCUT2D eigenvalue weighted by atomic mass is 16.5. The third-order valence-electron chi connectivity index (χ3n) is 5.46. The van der Waals surface area contributed by atoms with Crippen molar-refractivity contribution >= 4 is 23.7 Å². The van der Waals surface area contributed by atoms with Crippen molar-refractivity contribution in [2.75, 3.05) is 39.7 Å². The Kier molecular flexibility index (Phi) is 5.65. The first-order valence-corrected chi connectivity index (χ1v) is 9.02. The predicted octanol–water partition coefficient (Wildman–Crippen LogP) is 1.96. The number of nitrogens with zero attached hydrogens (tertiary/aromatic N) is 2. The predicted molar refractivity (Wildman–Crippen MR) is 98.9 cm³/mol. The van der Waals surface area contributed by atoms with Crippen molar-refractivity contribution in [2.24, 2.45) is 0 Å². The van der Waals surface area contributed by atoms with Crippen molar-refractivity contribution < 1.29 is 23.9 Å². The van der Waals surface area contributed by atoms with Gasteiger partial charge in [-0.25, -0.2) is 14.4 Å². The molecule has 3 rings (SSSR count). The van der Waals surface area contributed by atoms with E-state index in [2.05, 4.69) is 17.3 Å². The number of urea groups is 1. The van der Waals surface area contributed by atoms with Crippen LogP contribution in [-0.4, -0.2) is 74.2 Å². The molecule has 0 spiro atoms. The summed E-state index contributed by atoms with van der Waals surface area (Å²) in [6.07, 6.45) is 3.21. The minimum atomic E-state index is -0.593. The van der Waals surface area contributed by atoms with Crippen LogP contribution in [0.1, 0.15) is 40.0 Å². The van der Waals surface area contributed by atoms with Crippen molar-refractivity contribution in [1.29, 1.82) is 0 Å². The third-order valence-corrected chi connectivity index (χ3v) is 5.46. The molecule has 2 aliphatic rings. The van der Waals surface area contributed by atoms with E-state index in [-0.39, 0.29) is 17.2 Å². The van der Waals surface area contributed by atoms with Gasteiger partial charge in [-0.15, -0.1) is 0 Å². The fraction of sp³-hybridized carbons (Fsp3) is 0.526. The molecule has 146 valence electrons. The summed E-state index contributed by atoms with van der Waals surface area (Å²) in [4.78, 5) is 40.7. The molecule has 0 aromatic heterocycles. The molecule has 0 radical (unpaired) electrons. The largest absolute Gasteiger partial charge is 0.465 e. The highest BCUT2D eigenvalue weighted by Gasteiger charge is 2.36. The fourth-order valence-electron chi connectivity index (χ4n) is 3.87. The number of amides is 2. The number of likely N-dealkylation sites (N-methyl/N-ethyl adjacent to an activating group) is 1. The van der Waals surface area contributed by atoms with Gasteiger partial charge in [-0.3, -0.25) is 4.90 Å². The number of fused-ring (bicyclic) bond motifs is 2. The summed E-state index contributed by atoms with van der Waals surface area (Å²) in [6.45, 7) is 1.34. The average molecular weight is 375 g/mol. The van der Waals surface area contributed by atoms with Crippen LogP contribution >= 0.6 is 0 Å². The van der Waals surface area contributed by atoms with Crippen molar-refractivity contribution in [2.45, 2.75) is 31.3 Å². The molecule has 0 aliphatic carbocycles. The monoisotopic (exact) mass is 375 g/mol. The number of benzene rings is 1. The standard InChI is InChI=1S/C19H25N3O5/c1-21-15-4-5-16(21)11-22(7-6-15)19(25)20-14-9-12(17(23)26-2)8-13(10-14)18(24)27-3/h8-10,15-16H,4-7,11H2,1-3H3,(H,20,25)/t15-,16+/m0/s1. The smallest absolute Gasteiger partial charge is 0.337 e. The van der Waals surface area contributed by atoms with Crippen molar-refractivity contribution in [3.8, 4) is 0 Å². The lowest BCUT2D eigenvalue weighted by atomic mass is 10.1. The molecule has 1 N–H and O–H groups in total. The zero-order chi connectivity index (χ0) is 19.6. The summed E-state index contributed by atoms with van der Waals surface area (Å²) in [6, 6.07) is 5.02. The Morgan fingerprint density at radius 2 is 1.56 bits per heavy atom. The summed E-state index contributed by atoms with van der Waals surface area (Å²) in [5.74, 6) is -1.19. The molecule has 0 saturated carbocycles. The molecule has 2 saturated heterocycles. The van der Waals surface area contributed by atoms with Gasteiger partial charge in [-0.05, 0) is 44.5 Å². The Morgan fingerprint density at radius 1 is 0.963 bits per heavy atom. The van der Waals surface area contributed by atoms with E-state index in [1.807, 2.05) is 0 Å². The van der Waals surface area contributed by atoms with Gasteiger partial charge in [-0.2, -0.15) is 0 Å². The molecule has 1 aromatic rings. The van der Waals surface area contributed by atoms with Crippen LogP contribution in [0.3, 0.4) is 0 Å². The summed E-state index contributed by atoms with van der Waals surface area (Å²) in [5.41, 5.74) is 0.696. The van der Waals surface area contributed by atoms with E-state index in [1.54, 1.807) is 4.90 Å². The van der Waals surface area contributed by atoms with E-state index >= 15 is 0 Å². The maximum Gasteiger partial charge on any atom is 0.337 e. The quantitative estimate of drug-likeness (QED) is 0.813. The first-order chi connectivity index (χ1) is 12.9. The van der Waals surface area contributed by atoms with Crippen LogP contribution in [0, 0.1) is 0 Å². The van der Waals surface area contributed by atoms with Crippen LogP contribution in [0.4, 0.5) is 10.5 Å². The Bertz CT molecular complexity index is 717. The highest BCUT2D eigenvalue weighted by molar-refractivity contribution is 5.99. The molecule has 1 aromatic carbocycles. The van der Waals surface area contributed by atoms with Crippen LogP contribution < -0.4 is 5.32 Å². The Morgan fingerprint density at radius 3 is 2.15 bits per heavy atom. The van der Waals surface area contributed by atoms with Gasteiger partial charge in [0.05, 0.1) is 25.3 Å². The number of anilines is 1. The molecule has 2 heterocycles. The van der Waals surface area contributed by atoms with Gasteiger partial charge in [-0.1, -0.05) is 0 Å². The summed E-state index contributed by atoms with van der Waals surface area (Å²) < 4.78 is 9.45. The van der Waals surface area contributed by atoms with Gasteiger partial charge in [0.25, 0.3) is 0 Å². The lowest BCUT2D eigenvalue weighted by Gasteiger charge is -2.26. The molecule has 2 atom stereocenters. The average Bonchev–Trinajstić information content (AvgIpc) is 2.91. The van der Waals surface area contributed by atoms with E-state index in [4.69, 9.17) is 9.47 Å². The second kappa shape index (κ2) is 7.96. The van der Waals surface area contributed by atoms with E-state index in [1.165, 1.54) is 38.8 Å². The van der Waals surface area contributed by atoms with E-state index in [9.17, 15) is 14.4 Å². The van der Waals surface area contributed by atoms with Gasteiger partial charge in [0, 0.05) is 30.9 Å². The molecule has 2 bridgehead atoms. The van der Waals surface area contributed by atoms with Crippen LogP contribution in [0.5, 0.6) is 0 Å². The lowest BCUT2D eigenvalue weighted by molar-refractivity contribution is 0.0599. The highest BCUT2D eigenvalue weighted by Crippen LogP contribution is 2.28. The van der Waals surface area contributed by atoms with Gasteiger partial charge in [0.1, 0.15) is 0 Å². The van der Waals surface area contributed by atoms with Crippen LogP contribution in [-0.2, 0) is 9.47 Å². The molecule has 8 nitrogen and oxygen atoms in total. The topological polar surface area (TPSA) is 88.2 Å². The second-order valence-electron chi connectivity index (χ2n) is 7.00. The number of likely N-dealkylation sites (tertiary alicyclic amines) is 1. The maximum atomic E-state index is 12.8. The number of nitrogens with one attached hydrogen (secondary N) is 1. The molecule has 27 heavy (non-hydrogen) atoms. The Hall–Kier alpha value is -2.61. The van der Waals surface area contributed by atoms with E-state index in [0.29, 0.717) is 30.9 Å². The van der Waals surface area contributed by atoms with E-state index in [0.717, 1.165) is 12.8 Å². The van der Waals surface area contributed by atoms with Crippen molar-refractivity contribution in [3.63, 3.8) is 0 Å². The van der Waals surface area contributed by atoms with Crippen LogP contribution in [0.25, 0.3) is 0 Å². The fourth-order valence-corrected chi connectivity index (χ4v) is 3.87. The number of ether oxygens (including phenoxy) is 2. The number of methoxy groups -OCH3 is 2. The minimum absolute atomic E-state index is 0.172. The van der Waals surface area contributed by atoms with Crippen molar-refractivity contribution in [3.05, 3.63) is 29.3 Å². The van der Waals surface area contributed by atoms with Gasteiger partial charge >= 0.3 is 18.0 Å². The van der Waals surface area contributed by atoms with Gasteiger partial charge in [0.2, 0.25) is 0 Å². The number of esters is 2. The molecule has 0 unspecified atom stereocenters. The number of hydrogen-bond donors (Lipinski definition) is 1. The summed E-state index contributed by atoms with van der Waals surface area (Å²) in [5, 5.41) is 2.81. The van der Waals surface area contributed by atoms with E-state index < -0.39 is 11.9 Å². The van der Waals surface area contributed by atoms with Gasteiger partial charge in [0.15, 0.2) is 0 Å². The summed E-state index contributed by atoms with van der Waals surface area (Å²) >= 11 is 0. The SMILES string of the molecule is COC(=O)c1cc(NC(=O)N2CC[C@@H]3CC[C@H](C2)N3C)cc(C(=O)OC)c1. The molecule has 2 amide bonds. The first kappa shape index (κ1) is 19.2. The first-order valence-electron chi connectivity index (χ1n) is 9.02. The van der Waals surface area contributed by atoms with Crippen LogP contribution in [0.15, 0.2) is 18.2 Å².